The van der Waals surface area contributed by atoms with E-state index in [0.717, 1.165) is 12.3 Å². The first-order valence-electron chi connectivity index (χ1n) is 6.36. The minimum atomic E-state index is -0.623. The molecule has 2 unspecified atom stereocenters. The number of aliphatic hydroxyl groups is 1. The van der Waals surface area contributed by atoms with Gasteiger partial charge in [-0.25, -0.2) is 4.39 Å². The highest BCUT2D eigenvalue weighted by atomic mass is 32.2. The summed E-state index contributed by atoms with van der Waals surface area (Å²) in [5.74, 6) is 0.794. The Morgan fingerprint density at radius 1 is 1.44 bits per heavy atom. The van der Waals surface area contributed by atoms with E-state index < -0.39 is 6.10 Å². The number of hydrogen-bond acceptors (Lipinski definition) is 3. The number of benzene rings is 1. The number of halogens is 1. The third-order valence-corrected chi connectivity index (χ3v) is 4.99. The fraction of sp³-hybridized carbons (Fsp3) is 0.571. The van der Waals surface area contributed by atoms with Crippen LogP contribution < -0.4 is 4.90 Å². The average Bonchev–Trinajstić information content (AvgIpc) is 2.33. The molecule has 1 aliphatic rings. The molecule has 1 fully saturated rings. The molecular formula is C14H20FNOS. The molecule has 1 saturated heterocycles. The summed E-state index contributed by atoms with van der Waals surface area (Å²) in [4.78, 5) is 2.13. The van der Waals surface area contributed by atoms with E-state index in [4.69, 9.17) is 0 Å². The first kappa shape index (κ1) is 13.7. The number of thioether (sulfide) groups is 1. The van der Waals surface area contributed by atoms with Crippen molar-refractivity contribution in [2.75, 3.05) is 17.2 Å². The second-order valence-corrected chi connectivity index (χ2v) is 6.38. The Balaban J connectivity index is 2.27. The van der Waals surface area contributed by atoms with Gasteiger partial charge in [0.1, 0.15) is 5.82 Å². The molecule has 0 saturated carbocycles. The second-order valence-electron chi connectivity index (χ2n) is 4.90. The molecule has 4 heteroatoms. The maximum atomic E-state index is 14.1. The predicted molar refractivity (Wildman–Crippen MR) is 75.8 cm³/mol. The average molecular weight is 269 g/mol. The molecule has 3 atom stereocenters. The van der Waals surface area contributed by atoms with Crippen LogP contribution in [0.2, 0.25) is 0 Å². The fourth-order valence-corrected chi connectivity index (χ4v) is 3.39. The van der Waals surface area contributed by atoms with Crippen molar-refractivity contribution in [3.8, 4) is 0 Å². The fourth-order valence-electron chi connectivity index (χ4n) is 2.29. The summed E-state index contributed by atoms with van der Waals surface area (Å²) in [5.41, 5.74) is 1.28. The van der Waals surface area contributed by atoms with Gasteiger partial charge in [0.25, 0.3) is 0 Å². The van der Waals surface area contributed by atoms with Crippen LogP contribution in [0.15, 0.2) is 18.2 Å². The van der Waals surface area contributed by atoms with Crippen LogP contribution in [-0.2, 0) is 0 Å². The van der Waals surface area contributed by atoms with Gasteiger partial charge in [0.15, 0.2) is 0 Å². The summed E-state index contributed by atoms with van der Waals surface area (Å²) in [6.07, 6.45) is -0.623. The van der Waals surface area contributed by atoms with Crippen molar-refractivity contribution in [1.82, 2.24) is 0 Å². The van der Waals surface area contributed by atoms with Crippen molar-refractivity contribution in [2.45, 2.75) is 38.2 Å². The molecule has 1 aromatic rings. The smallest absolute Gasteiger partial charge is 0.146 e. The predicted octanol–water partition coefficient (Wildman–Crippen LogP) is 3.21. The quantitative estimate of drug-likeness (QED) is 0.892. The molecule has 2 nitrogen and oxygen atoms in total. The first-order chi connectivity index (χ1) is 8.50. The van der Waals surface area contributed by atoms with Crippen LogP contribution in [0, 0.1) is 5.82 Å². The van der Waals surface area contributed by atoms with E-state index in [1.165, 1.54) is 6.07 Å². The van der Waals surface area contributed by atoms with E-state index in [0.29, 0.717) is 22.5 Å². The van der Waals surface area contributed by atoms with Crippen LogP contribution in [0.5, 0.6) is 0 Å². The Labute approximate surface area is 112 Å². The lowest BCUT2D eigenvalue weighted by Crippen LogP contribution is -2.45. The Kier molecular flexibility index (Phi) is 4.17. The van der Waals surface area contributed by atoms with Crippen molar-refractivity contribution in [3.63, 3.8) is 0 Å². The first-order valence-corrected chi connectivity index (χ1v) is 7.41. The van der Waals surface area contributed by atoms with Crippen molar-refractivity contribution in [2.24, 2.45) is 0 Å². The summed E-state index contributed by atoms with van der Waals surface area (Å²) in [6.45, 7) is 6.85. The van der Waals surface area contributed by atoms with Crippen molar-refractivity contribution < 1.29 is 9.50 Å². The summed E-state index contributed by atoms with van der Waals surface area (Å²) < 4.78 is 14.1. The molecule has 1 heterocycles. The zero-order valence-corrected chi connectivity index (χ0v) is 11.9. The van der Waals surface area contributed by atoms with Crippen molar-refractivity contribution in [1.29, 1.82) is 0 Å². The molecular weight excluding hydrogens is 249 g/mol. The lowest BCUT2D eigenvalue weighted by molar-refractivity contribution is 0.199. The Bertz CT molecular complexity index is 424. The number of hydrogen-bond donors (Lipinski definition) is 1. The number of rotatable bonds is 2. The van der Waals surface area contributed by atoms with Crippen LogP contribution >= 0.6 is 11.8 Å². The number of nitrogens with zero attached hydrogens (tertiary/aromatic N) is 1. The van der Waals surface area contributed by atoms with Crippen molar-refractivity contribution in [3.05, 3.63) is 29.6 Å². The van der Waals surface area contributed by atoms with Crippen LogP contribution in [0.1, 0.15) is 32.4 Å². The molecule has 1 aliphatic heterocycles. The van der Waals surface area contributed by atoms with Gasteiger partial charge in [-0.05, 0) is 31.5 Å². The normalized spacial score (nSPS) is 26.2. The minimum absolute atomic E-state index is 0.237. The highest BCUT2D eigenvalue weighted by Crippen LogP contribution is 2.31. The Morgan fingerprint density at radius 2 is 2.17 bits per heavy atom. The zero-order chi connectivity index (χ0) is 13.3. The maximum Gasteiger partial charge on any atom is 0.146 e. The van der Waals surface area contributed by atoms with Gasteiger partial charge in [-0.3, -0.25) is 0 Å². The third kappa shape index (κ3) is 2.64. The highest BCUT2D eigenvalue weighted by molar-refractivity contribution is 8.00. The zero-order valence-electron chi connectivity index (χ0n) is 11.1. The lowest BCUT2D eigenvalue weighted by Gasteiger charge is -2.39. The Morgan fingerprint density at radius 3 is 2.78 bits per heavy atom. The Hall–Kier alpha value is -0.740. The molecule has 18 heavy (non-hydrogen) atoms. The molecule has 0 spiro atoms. The number of anilines is 1. The largest absolute Gasteiger partial charge is 0.389 e. The molecule has 1 aromatic carbocycles. The monoisotopic (exact) mass is 269 g/mol. The standard InChI is InChI=1S/C14H20FNOS/c1-9-11(3)18-7-6-16(9)14-5-4-12(10(2)17)8-13(14)15/h4-5,8-11,17H,6-7H2,1-3H3/t9?,10-,11?/m1/s1. The van der Waals surface area contributed by atoms with Gasteiger partial charge >= 0.3 is 0 Å². The van der Waals surface area contributed by atoms with E-state index in [9.17, 15) is 9.50 Å². The molecule has 1 N–H and O–H groups in total. The van der Waals surface area contributed by atoms with Crippen LogP contribution in [0.25, 0.3) is 0 Å². The second kappa shape index (κ2) is 5.49. The lowest BCUT2D eigenvalue weighted by atomic mass is 10.1. The van der Waals surface area contributed by atoms with Gasteiger partial charge in [0.05, 0.1) is 11.8 Å². The van der Waals surface area contributed by atoms with Gasteiger partial charge in [-0.1, -0.05) is 13.0 Å². The van der Waals surface area contributed by atoms with Crippen LogP contribution in [0.3, 0.4) is 0 Å². The molecule has 2 rings (SSSR count). The molecule has 0 radical (unpaired) electrons. The van der Waals surface area contributed by atoms with Crippen LogP contribution in [-0.4, -0.2) is 28.7 Å². The minimum Gasteiger partial charge on any atom is -0.389 e. The molecule has 0 aromatic heterocycles. The maximum absolute atomic E-state index is 14.1. The van der Waals surface area contributed by atoms with Gasteiger partial charge in [-0.2, -0.15) is 11.8 Å². The molecule has 100 valence electrons. The molecule has 0 amide bonds. The number of aliphatic hydroxyl groups excluding tert-OH is 1. The molecule has 0 aliphatic carbocycles. The highest BCUT2D eigenvalue weighted by Gasteiger charge is 2.27. The summed E-state index contributed by atoms with van der Waals surface area (Å²) in [5, 5.41) is 9.97. The van der Waals surface area contributed by atoms with Gasteiger partial charge < -0.3 is 10.0 Å². The van der Waals surface area contributed by atoms with E-state index in [2.05, 4.69) is 18.7 Å². The summed E-state index contributed by atoms with van der Waals surface area (Å²) in [6, 6.07) is 5.37. The van der Waals surface area contributed by atoms with Crippen LogP contribution in [0.4, 0.5) is 10.1 Å². The summed E-state index contributed by atoms with van der Waals surface area (Å²) in [7, 11) is 0. The SMILES string of the molecule is CC1SCCN(c2ccc([C@@H](C)O)cc2F)C1C. The summed E-state index contributed by atoms with van der Waals surface area (Å²) >= 11 is 1.93. The van der Waals surface area contributed by atoms with E-state index >= 15 is 0 Å². The third-order valence-electron chi connectivity index (χ3n) is 3.65. The molecule has 0 bridgehead atoms. The van der Waals surface area contributed by atoms with Gasteiger partial charge in [-0.15, -0.1) is 0 Å². The van der Waals surface area contributed by atoms with Crippen molar-refractivity contribution >= 4 is 17.4 Å². The topological polar surface area (TPSA) is 23.5 Å². The van der Waals surface area contributed by atoms with E-state index in [1.54, 1.807) is 13.0 Å². The van der Waals surface area contributed by atoms with E-state index in [-0.39, 0.29) is 5.82 Å². The van der Waals surface area contributed by atoms with E-state index in [1.807, 2.05) is 17.8 Å². The van der Waals surface area contributed by atoms with Gasteiger partial charge in [0.2, 0.25) is 0 Å². The van der Waals surface area contributed by atoms with Gasteiger partial charge in [0, 0.05) is 23.6 Å².